The first-order chi connectivity index (χ1) is 15.2. The van der Waals surface area contributed by atoms with Gasteiger partial charge in [0.05, 0.1) is 16.6 Å². The Morgan fingerprint density at radius 2 is 1.39 bits per heavy atom. The van der Waals surface area contributed by atoms with Gasteiger partial charge in [-0.2, -0.15) is 0 Å². The maximum Gasteiger partial charge on any atom is 0.266 e. The zero-order chi connectivity index (χ0) is 21.2. The van der Waals surface area contributed by atoms with Gasteiger partial charge in [0, 0.05) is 10.0 Å². The maximum atomic E-state index is 13.5. The molecule has 4 nitrogen and oxygen atoms in total. The molecule has 1 aromatic heterocycles. The number of nitrogens with zero attached hydrogens (tertiary/aromatic N) is 2. The first-order valence-corrected chi connectivity index (χ1v) is 10.6. The van der Waals surface area contributed by atoms with E-state index in [4.69, 9.17) is 9.72 Å². The van der Waals surface area contributed by atoms with Crippen LogP contribution in [-0.4, -0.2) is 9.55 Å². The van der Waals surface area contributed by atoms with Crippen molar-refractivity contribution in [2.45, 2.75) is 0 Å². The Morgan fingerprint density at radius 1 is 0.742 bits per heavy atom. The summed E-state index contributed by atoms with van der Waals surface area (Å²) in [6.45, 7) is 0. The molecular formula is C26H17BrN2O2. The highest BCUT2D eigenvalue weighted by molar-refractivity contribution is 9.10. The summed E-state index contributed by atoms with van der Waals surface area (Å²) >= 11 is 3.46. The number of para-hydroxylation sites is 1. The fourth-order valence-corrected chi connectivity index (χ4v) is 3.83. The van der Waals surface area contributed by atoms with E-state index in [0.717, 1.165) is 21.5 Å². The quantitative estimate of drug-likeness (QED) is 0.298. The molecule has 0 bridgehead atoms. The molecule has 0 atom stereocenters. The third kappa shape index (κ3) is 3.88. The van der Waals surface area contributed by atoms with Crippen molar-refractivity contribution >= 4 is 26.8 Å². The summed E-state index contributed by atoms with van der Waals surface area (Å²) < 4.78 is 8.38. The van der Waals surface area contributed by atoms with Gasteiger partial charge in [0.25, 0.3) is 5.56 Å². The second kappa shape index (κ2) is 8.20. The van der Waals surface area contributed by atoms with Crippen molar-refractivity contribution in [1.82, 2.24) is 9.55 Å². The summed E-state index contributed by atoms with van der Waals surface area (Å²) in [4.78, 5) is 18.3. The number of halogens is 1. The fourth-order valence-electron chi connectivity index (χ4n) is 3.47. The van der Waals surface area contributed by atoms with Gasteiger partial charge in [-0.25, -0.2) is 4.98 Å². The minimum absolute atomic E-state index is 0.123. The van der Waals surface area contributed by atoms with Crippen molar-refractivity contribution < 1.29 is 4.74 Å². The molecule has 150 valence electrons. The predicted octanol–water partition coefficient (Wildman–Crippen LogP) is 6.61. The summed E-state index contributed by atoms with van der Waals surface area (Å²) in [5.41, 5.74) is 2.13. The van der Waals surface area contributed by atoms with Gasteiger partial charge < -0.3 is 4.74 Å². The lowest BCUT2D eigenvalue weighted by Gasteiger charge is -2.15. The van der Waals surface area contributed by atoms with E-state index in [9.17, 15) is 4.79 Å². The minimum atomic E-state index is -0.123. The van der Waals surface area contributed by atoms with E-state index in [1.54, 1.807) is 4.57 Å². The Hall–Kier alpha value is -3.70. The Kier molecular flexibility index (Phi) is 5.10. The third-order valence-corrected chi connectivity index (χ3v) is 5.43. The van der Waals surface area contributed by atoms with E-state index < -0.39 is 0 Å². The molecule has 0 fully saturated rings. The second-order valence-corrected chi connectivity index (χ2v) is 7.93. The van der Waals surface area contributed by atoms with E-state index >= 15 is 0 Å². The van der Waals surface area contributed by atoms with Crippen LogP contribution in [0, 0.1) is 0 Å². The van der Waals surface area contributed by atoms with Gasteiger partial charge in [-0.3, -0.25) is 9.36 Å². The topological polar surface area (TPSA) is 44.1 Å². The Labute approximate surface area is 187 Å². The number of ether oxygens (including phenoxy) is 1. The van der Waals surface area contributed by atoms with Gasteiger partial charge in [0.2, 0.25) is 0 Å². The molecule has 0 spiro atoms. The Bertz CT molecular complexity index is 1410. The fraction of sp³-hybridized carbons (Fsp3) is 0. The van der Waals surface area contributed by atoms with E-state index in [1.165, 1.54) is 0 Å². The maximum absolute atomic E-state index is 13.5. The molecule has 5 aromatic rings. The second-order valence-electron chi connectivity index (χ2n) is 7.01. The van der Waals surface area contributed by atoms with Gasteiger partial charge >= 0.3 is 0 Å². The van der Waals surface area contributed by atoms with Gasteiger partial charge in [-0.15, -0.1) is 0 Å². The molecule has 0 amide bonds. The molecule has 4 aromatic carbocycles. The number of hydrogen-bond acceptors (Lipinski definition) is 3. The first kappa shape index (κ1) is 19.3. The summed E-state index contributed by atoms with van der Waals surface area (Å²) in [7, 11) is 0. The molecule has 5 heteroatoms. The third-order valence-electron chi connectivity index (χ3n) is 4.94. The number of fused-ring (bicyclic) bond motifs is 1. The average molecular weight is 469 g/mol. The van der Waals surface area contributed by atoms with E-state index in [-0.39, 0.29) is 5.56 Å². The van der Waals surface area contributed by atoms with Crippen LogP contribution >= 0.6 is 15.9 Å². The summed E-state index contributed by atoms with van der Waals surface area (Å²) in [5.74, 6) is 2.05. The Balaban J connectivity index is 1.66. The number of aromatic nitrogens is 2. The molecule has 0 radical (unpaired) electrons. The van der Waals surface area contributed by atoms with Crippen molar-refractivity contribution in [3.8, 4) is 28.6 Å². The van der Waals surface area contributed by atoms with Crippen LogP contribution in [0.1, 0.15) is 0 Å². The molecule has 0 N–H and O–H groups in total. The lowest BCUT2D eigenvalue weighted by molar-refractivity contribution is 0.482. The highest BCUT2D eigenvalue weighted by Crippen LogP contribution is 2.26. The molecule has 1 heterocycles. The van der Waals surface area contributed by atoms with E-state index in [1.807, 2.05) is 103 Å². The van der Waals surface area contributed by atoms with Gasteiger partial charge in [-0.1, -0.05) is 64.5 Å². The molecule has 31 heavy (non-hydrogen) atoms. The average Bonchev–Trinajstić information content (AvgIpc) is 2.81. The zero-order valence-corrected chi connectivity index (χ0v) is 18.0. The van der Waals surface area contributed by atoms with Gasteiger partial charge in [0.1, 0.15) is 17.3 Å². The predicted molar refractivity (Wildman–Crippen MR) is 127 cm³/mol. The van der Waals surface area contributed by atoms with Crippen molar-refractivity contribution in [2.75, 3.05) is 0 Å². The highest BCUT2D eigenvalue weighted by Gasteiger charge is 2.15. The molecule has 5 rings (SSSR count). The smallest absolute Gasteiger partial charge is 0.266 e. The number of benzene rings is 4. The van der Waals surface area contributed by atoms with Crippen LogP contribution in [0.3, 0.4) is 0 Å². The standard InChI is InChI=1S/C26H17BrN2O2/c27-19-11-16-24-23(17-19)26(30)29(25(28-24)18-7-3-1-4-8-18)20-12-14-22(15-13-20)31-21-9-5-2-6-10-21/h1-17H. The Morgan fingerprint density at radius 3 is 2.10 bits per heavy atom. The summed E-state index contributed by atoms with van der Waals surface area (Å²) in [6, 6.07) is 32.3. The number of rotatable bonds is 4. The number of hydrogen-bond donors (Lipinski definition) is 0. The lowest BCUT2D eigenvalue weighted by Crippen LogP contribution is -2.22. The van der Waals surface area contributed by atoms with Crippen molar-refractivity contribution in [1.29, 1.82) is 0 Å². The van der Waals surface area contributed by atoms with Crippen molar-refractivity contribution in [3.05, 3.63) is 118 Å². The summed E-state index contributed by atoms with van der Waals surface area (Å²) in [5, 5.41) is 0.554. The largest absolute Gasteiger partial charge is 0.457 e. The lowest BCUT2D eigenvalue weighted by atomic mass is 10.1. The monoisotopic (exact) mass is 468 g/mol. The van der Waals surface area contributed by atoms with Crippen LogP contribution in [0.25, 0.3) is 28.0 Å². The molecule has 0 aliphatic carbocycles. The van der Waals surface area contributed by atoms with Crippen LogP contribution in [-0.2, 0) is 0 Å². The van der Waals surface area contributed by atoms with Gasteiger partial charge in [0.15, 0.2) is 0 Å². The normalized spacial score (nSPS) is 10.9. The highest BCUT2D eigenvalue weighted by atomic mass is 79.9. The molecule has 0 aliphatic heterocycles. The van der Waals surface area contributed by atoms with E-state index in [0.29, 0.717) is 22.5 Å². The SMILES string of the molecule is O=c1c2cc(Br)ccc2nc(-c2ccccc2)n1-c1ccc(Oc2ccccc2)cc1. The zero-order valence-electron chi connectivity index (χ0n) is 16.4. The van der Waals surface area contributed by atoms with Crippen LogP contribution in [0.5, 0.6) is 11.5 Å². The van der Waals surface area contributed by atoms with Crippen molar-refractivity contribution in [2.24, 2.45) is 0 Å². The van der Waals surface area contributed by atoms with Crippen LogP contribution < -0.4 is 10.3 Å². The first-order valence-electron chi connectivity index (χ1n) is 9.80. The van der Waals surface area contributed by atoms with Gasteiger partial charge in [-0.05, 0) is 54.6 Å². The minimum Gasteiger partial charge on any atom is -0.457 e. The van der Waals surface area contributed by atoms with Crippen LogP contribution in [0.2, 0.25) is 0 Å². The molecule has 0 saturated heterocycles. The summed E-state index contributed by atoms with van der Waals surface area (Å²) in [6.07, 6.45) is 0. The van der Waals surface area contributed by atoms with Crippen molar-refractivity contribution in [3.63, 3.8) is 0 Å². The molecule has 0 unspecified atom stereocenters. The molecular weight excluding hydrogens is 452 g/mol. The molecule has 0 saturated carbocycles. The van der Waals surface area contributed by atoms with Crippen LogP contribution in [0.15, 0.2) is 112 Å². The van der Waals surface area contributed by atoms with E-state index in [2.05, 4.69) is 15.9 Å². The molecule has 0 aliphatic rings. The van der Waals surface area contributed by atoms with Crippen LogP contribution in [0.4, 0.5) is 0 Å².